The van der Waals surface area contributed by atoms with E-state index in [9.17, 15) is 9.90 Å². The Bertz CT molecular complexity index is 624. The van der Waals surface area contributed by atoms with Crippen molar-refractivity contribution in [3.05, 3.63) is 23.8 Å². The zero-order valence-corrected chi connectivity index (χ0v) is 10.7. The van der Waals surface area contributed by atoms with Crippen LogP contribution in [0.25, 0.3) is 5.78 Å². The second-order valence-electron chi connectivity index (χ2n) is 4.78. The maximum atomic E-state index is 12.3. The maximum Gasteiger partial charge on any atom is 0.293 e. The number of hydrogen-bond donors (Lipinski definition) is 1. The van der Waals surface area contributed by atoms with E-state index in [1.54, 1.807) is 21.7 Å². The highest BCUT2D eigenvalue weighted by atomic mass is 16.3. The van der Waals surface area contributed by atoms with Crippen LogP contribution in [0.1, 0.15) is 29.2 Å². The minimum absolute atomic E-state index is 0.135. The Balaban J connectivity index is 1.91. The first kappa shape index (κ1) is 12.0. The van der Waals surface area contributed by atoms with Gasteiger partial charge in [0.15, 0.2) is 0 Å². The van der Waals surface area contributed by atoms with E-state index in [2.05, 4.69) is 15.1 Å². The molecule has 0 aromatic carbocycles. The molecule has 1 aliphatic rings. The van der Waals surface area contributed by atoms with Crippen molar-refractivity contribution >= 4 is 11.7 Å². The summed E-state index contributed by atoms with van der Waals surface area (Å²) in [6.07, 6.45) is 2.73. The summed E-state index contributed by atoms with van der Waals surface area (Å²) in [4.78, 5) is 22.1. The number of amides is 1. The van der Waals surface area contributed by atoms with E-state index < -0.39 is 6.10 Å². The third-order valence-corrected chi connectivity index (χ3v) is 3.30. The molecule has 7 heteroatoms. The number of likely N-dealkylation sites (tertiary alicyclic amines) is 1. The molecule has 1 amide bonds. The van der Waals surface area contributed by atoms with Crippen molar-refractivity contribution < 1.29 is 9.90 Å². The Kier molecular flexibility index (Phi) is 2.90. The Hall–Kier alpha value is -2.02. The summed E-state index contributed by atoms with van der Waals surface area (Å²) >= 11 is 0. The third-order valence-electron chi connectivity index (χ3n) is 3.30. The molecule has 1 aliphatic heterocycles. The monoisotopic (exact) mass is 261 g/mol. The van der Waals surface area contributed by atoms with Crippen LogP contribution in [0, 0.1) is 6.92 Å². The fourth-order valence-corrected chi connectivity index (χ4v) is 2.28. The summed E-state index contributed by atoms with van der Waals surface area (Å²) in [5.74, 6) is 0.306. The molecule has 1 N–H and O–H groups in total. The van der Waals surface area contributed by atoms with Crippen LogP contribution < -0.4 is 0 Å². The number of carbonyl (C=O) groups excluding carboxylic acids is 1. The van der Waals surface area contributed by atoms with Gasteiger partial charge in [-0.15, -0.1) is 5.10 Å². The van der Waals surface area contributed by atoms with Gasteiger partial charge in [-0.3, -0.25) is 4.79 Å². The first-order chi connectivity index (χ1) is 9.15. The zero-order chi connectivity index (χ0) is 13.4. The lowest BCUT2D eigenvalue weighted by Gasteiger charge is -2.29. The average molecular weight is 261 g/mol. The van der Waals surface area contributed by atoms with E-state index in [1.807, 2.05) is 6.92 Å². The first-order valence-corrected chi connectivity index (χ1v) is 6.31. The number of aromatic nitrogens is 4. The van der Waals surface area contributed by atoms with Crippen LogP contribution in [0.5, 0.6) is 0 Å². The van der Waals surface area contributed by atoms with Crippen LogP contribution >= 0.6 is 0 Å². The molecule has 2 aromatic heterocycles. The van der Waals surface area contributed by atoms with Crippen LogP contribution in [0.2, 0.25) is 0 Å². The summed E-state index contributed by atoms with van der Waals surface area (Å²) in [7, 11) is 0. The molecule has 0 bridgehead atoms. The van der Waals surface area contributed by atoms with Crippen molar-refractivity contribution in [2.24, 2.45) is 0 Å². The fraction of sp³-hybridized carbons (Fsp3) is 0.500. The minimum Gasteiger partial charge on any atom is -0.391 e. The Morgan fingerprint density at radius 3 is 3.11 bits per heavy atom. The predicted octanol–water partition coefficient (Wildman–Crippen LogP) is 0.0296. The quantitative estimate of drug-likeness (QED) is 0.783. The van der Waals surface area contributed by atoms with Gasteiger partial charge in [0.1, 0.15) is 0 Å². The summed E-state index contributed by atoms with van der Waals surface area (Å²) in [5.41, 5.74) is 0.871. The molecule has 1 saturated heterocycles. The number of aliphatic hydroxyl groups is 1. The van der Waals surface area contributed by atoms with Crippen LogP contribution in [0.3, 0.4) is 0 Å². The van der Waals surface area contributed by atoms with Gasteiger partial charge in [-0.2, -0.15) is 4.98 Å². The molecular weight excluding hydrogens is 246 g/mol. The summed E-state index contributed by atoms with van der Waals surface area (Å²) in [6, 6.07) is 1.81. The van der Waals surface area contributed by atoms with Gasteiger partial charge in [0.25, 0.3) is 11.7 Å². The maximum absolute atomic E-state index is 12.3. The van der Waals surface area contributed by atoms with Gasteiger partial charge >= 0.3 is 0 Å². The number of fused-ring (bicyclic) bond motifs is 1. The molecule has 100 valence electrons. The highest BCUT2D eigenvalue weighted by molar-refractivity contribution is 5.91. The van der Waals surface area contributed by atoms with Crippen LogP contribution in [0.15, 0.2) is 12.3 Å². The highest BCUT2D eigenvalue weighted by Crippen LogP contribution is 2.12. The number of aliphatic hydroxyl groups excluding tert-OH is 1. The number of aryl methyl sites for hydroxylation is 1. The lowest BCUT2D eigenvalue weighted by molar-refractivity contribution is 0.0464. The first-order valence-electron chi connectivity index (χ1n) is 6.31. The topological polar surface area (TPSA) is 83.6 Å². The van der Waals surface area contributed by atoms with Crippen molar-refractivity contribution in [2.75, 3.05) is 13.1 Å². The molecule has 3 heterocycles. The minimum atomic E-state index is -0.449. The number of carbonyl (C=O) groups is 1. The summed E-state index contributed by atoms with van der Waals surface area (Å²) in [6.45, 7) is 2.86. The number of rotatable bonds is 1. The van der Waals surface area contributed by atoms with Crippen LogP contribution in [0.4, 0.5) is 0 Å². The Labute approximate surface area is 109 Å². The van der Waals surface area contributed by atoms with E-state index in [0.717, 1.165) is 18.5 Å². The molecule has 1 unspecified atom stereocenters. The van der Waals surface area contributed by atoms with Crippen molar-refractivity contribution in [2.45, 2.75) is 25.9 Å². The van der Waals surface area contributed by atoms with Crippen molar-refractivity contribution in [1.29, 1.82) is 0 Å². The molecule has 0 radical (unpaired) electrons. The van der Waals surface area contributed by atoms with Crippen molar-refractivity contribution in [3.63, 3.8) is 0 Å². The van der Waals surface area contributed by atoms with E-state index in [0.29, 0.717) is 18.9 Å². The summed E-state index contributed by atoms with van der Waals surface area (Å²) in [5, 5.41) is 13.8. The molecule has 0 saturated carbocycles. The molecule has 1 fully saturated rings. The lowest BCUT2D eigenvalue weighted by atomic mass is 10.1. The molecule has 3 rings (SSSR count). The van der Waals surface area contributed by atoms with E-state index in [4.69, 9.17) is 0 Å². The average Bonchev–Trinajstić information content (AvgIpc) is 2.83. The second-order valence-corrected chi connectivity index (χ2v) is 4.78. The largest absolute Gasteiger partial charge is 0.391 e. The number of nitrogens with zero attached hydrogens (tertiary/aromatic N) is 5. The van der Waals surface area contributed by atoms with E-state index in [-0.39, 0.29) is 11.7 Å². The number of hydrogen-bond acceptors (Lipinski definition) is 5. The van der Waals surface area contributed by atoms with Gasteiger partial charge in [-0.25, -0.2) is 9.50 Å². The molecule has 1 atom stereocenters. The van der Waals surface area contributed by atoms with E-state index >= 15 is 0 Å². The van der Waals surface area contributed by atoms with Gasteiger partial charge in [-0.05, 0) is 25.8 Å². The Morgan fingerprint density at radius 2 is 2.37 bits per heavy atom. The Morgan fingerprint density at radius 1 is 1.53 bits per heavy atom. The van der Waals surface area contributed by atoms with Gasteiger partial charge in [0.05, 0.1) is 6.10 Å². The number of β-amino-alcohol motifs (C(OH)–C–C–N with tert-alkyl or cyclic N) is 1. The predicted molar refractivity (Wildman–Crippen MR) is 66.7 cm³/mol. The molecule has 0 spiro atoms. The van der Waals surface area contributed by atoms with Crippen molar-refractivity contribution in [3.8, 4) is 0 Å². The van der Waals surface area contributed by atoms with Gasteiger partial charge < -0.3 is 10.0 Å². The molecule has 19 heavy (non-hydrogen) atoms. The standard InChI is InChI=1S/C12H15N5O2/c1-8-4-5-13-12-14-10(15-17(8)12)11(19)16-6-2-3-9(18)7-16/h4-5,9,18H,2-3,6-7H2,1H3. The smallest absolute Gasteiger partial charge is 0.293 e. The van der Waals surface area contributed by atoms with E-state index in [1.165, 1.54) is 0 Å². The van der Waals surface area contributed by atoms with Crippen LogP contribution in [-0.4, -0.2) is 54.7 Å². The fourth-order valence-electron chi connectivity index (χ4n) is 2.28. The number of piperidine rings is 1. The zero-order valence-electron chi connectivity index (χ0n) is 10.7. The van der Waals surface area contributed by atoms with Gasteiger partial charge in [0.2, 0.25) is 5.82 Å². The molecular formula is C12H15N5O2. The summed E-state index contributed by atoms with van der Waals surface area (Å²) < 4.78 is 1.55. The molecule has 0 aliphatic carbocycles. The van der Waals surface area contributed by atoms with Crippen molar-refractivity contribution in [1.82, 2.24) is 24.5 Å². The normalized spacial score (nSPS) is 19.9. The second kappa shape index (κ2) is 4.58. The highest BCUT2D eigenvalue weighted by Gasteiger charge is 2.26. The lowest BCUT2D eigenvalue weighted by Crippen LogP contribution is -2.42. The third kappa shape index (κ3) is 2.17. The van der Waals surface area contributed by atoms with Crippen LogP contribution in [-0.2, 0) is 0 Å². The van der Waals surface area contributed by atoms with Gasteiger partial charge in [-0.1, -0.05) is 0 Å². The molecule has 2 aromatic rings. The van der Waals surface area contributed by atoms with Gasteiger partial charge in [0, 0.05) is 25.0 Å². The molecule has 7 nitrogen and oxygen atoms in total. The SMILES string of the molecule is Cc1ccnc2nc(C(=O)N3CCCC(O)C3)nn12.